The molecule has 3 N–H and O–H groups in total. The maximum atomic E-state index is 10.5. The lowest BCUT2D eigenvalue weighted by molar-refractivity contribution is 0.0995. The molecule has 0 aromatic carbocycles. The maximum Gasteiger partial charge on any atom is 0.267 e. The van der Waals surface area contributed by atoms with Crippen molar-refractivity contribution in [2.45, 2.75) is 6.92 Å². The van der Waals surface area contributed by atoms with E-state index in [0.29, 0.717) is 5.69 Å². The number of nitrogens with two attached hydrogens (primary N) is 1. The van der Waals surface area contributed by atoms with Crippen molar-refractivity contribution in [2.24, 2.45) is 5.73 Å². The molecule has 1 aromatic rings. The summed E-state index contributed by atoms with van der Waals surface area (Å²) in [5.74, 6) is -0.525. The summed E-state index contributed by atoms with van der Waals surface area (Å²) in [4.78, 5) is 14.3. The number of hydrogen-bond donors (Lipinski definition) is 2. The second kappa shape index (κ2) is 2.57. The molecule has 0 aliphatic heterocycles. The first-order chi connectivity index (χ1) is 5.11. The van der Waals surface area contributed by atoms with Gasteiger partial charge in [0.05, 0.1) is 5.69 Å². The second-order valence-corrected chi connectivity index (χ2v) is 2.17. The molecule has 0 atom stereocenters. The third kappa shape index (κ3) is 1.46. The molecule has 0 unspecified atom stereocenters. The molecule has 58 valence electrons. The van der Waals surface area contributed by atoms with Crippen LogP contribution in [-0.2, 0) is 0 Å². The highest BCUT2D eigenvalue weighted by molar-refractivity contribution is 5.90. The highest BCUT2D eigenvalue weighted by Gasteiger charge is 2.03. The summed E-state index contributed by atoms with van der Waals surface area (Å²) in [5.41, 5.74) is 5.52. The second-order valence-electron chi connectivity index (χ2n) is 2.17. The van der Waals surface area contributed by atoms with Crippen LogP contribution < -0.4 is 5.73 Å². The fraction of sp³-hybridized carbons (Fsp3) is 0.143. The van der Waals surface area contributed by atoms with Crippen molar-refractivity contribution < 1.29 is 9.90 Å². The van der Waals surface area contributed by atoms with Gasteiger partial charge in [0.2, 0.25) is 0 Å². The van der Waals surface area contributed by atoms with E-state index in [0.717, 1.165) is 0 Å². The minimum Gasteiger partial charge on any atom is -0.506 e. The standard InChI is InChI=1S/C7H8N2O2/c1-4-6(10)3-2-5(9-4)7(8)11/h2-3,10H,1H3,(H2,8,11). The molecule has 0 aliphatic carbocycles. The van der Waals surface area contributed by atoms with Gasteiger partial charge in [-0.1, -0.05) is 0 Å². The summed E-state index contributed by atoms with van der Waals surface area (Å²) < 4.78 is 0. The molecule has 1 aromatic heterocycles. The van der Waals surface area contributed by atoms with E-state index in [-0.39, 0.29) is 11.4 Å². The van der Waals surface area contributed by atoms with Gasteiger partial charge in [-0.05, 0) is 19.1 Å². The summed E-state index contributed by atoms with van der Waals surface area (Å²) >= 11 is 0. The zero-order valence-electron chi connectivity index (χ0n) is 6.03. The number of carbonyl (C=O) groups excluding carboxylic acids is 1. The number of rotatable bonds is 1. The van der Waals surface area contributed by atoms with E-state index in [4.69, 9.17) is 10.8 Å². The van der Waals surface area contributed by atoms with Gasteiger partial charge < -0.3 is 10.8 Å². The third-order valence-electron chi connectivity index (χ3n) is 1.31. The molecule has 4 heteroatoms. The lowest BCUT2D eigenvalue weighted by Gasteiger charge is -1.98. The van der Waals surface area contributed by atoms with Crippen LogP contribution in [0.4, 0.5) is 0 Å². The van der Waals surface area contributed by atoms with Crippen LogP contribution in [0.15, 0.2) is 12.1 Å². The average molecular weight is 152 g/mol. The van der Waals surface area contributed by atoms with Gasteiger partial charge in [-0.25, -0.2) is 4.98 Å². The van der Waals surface area contributed by atoms with Crippen LogP contribution in [-0.4, -0.2) is 16.0 Å². The van der Waals surface area contributed by atoms with Crippen molar-refractivity contribution >= 4 is 5.91 Å². The molecule has 4 nitrogen and oxygen atoms in total. The molecule has 0 fully saturated rings. The third-order valence-corrected chi connectivity index (χ3v) is 1.31. The molecule has 0 saturated heterocycles. The van der Waals surface area contributed by atoms with Crippen molar-refractivity contribution in [3.05, 3.63) is 23.5 Å². The first-order valence-electron chi connectivity index (χ1n) is 3.07. The largest absolute Gasteiger partial charge is 0.506 e. The zero-order chi connectivity index (χ0) is 8.43. The Balaban J connectivity index is 3.15. The van der Waals surface area contributed by atoms with E-state index in [2.05, 4.69) is 4.98 Å². The zero-order valence-corrected chi connectivity index (χ0v) is 6.03. The van der Waals surface area contributed by atoms with E-state index in [1.807, 2.05) is 0 Å². The molecule has 11 heavy (non-hydrogen) atoms. The summed E-state index contributed by atoms with van der Waals surface area (Å²) in [6.07, 6.45) is 0. The molecule has 0 bridgehead atoms. The molecular formula is C7H8N2O2. The van der Waals surface area contributed by atoms with E-state index >= 15 is 0 Å². The van der Waals surface area contributed by atoms with Crippen LogP contribution in [0.25, 0.3) is 0 Å². The maximum absolute atomic E-state index is 10.5. The number of aromatic nitrogens is 1. The molecule has 0 aliphatic rings. The van der Waals surface area contributed by atoms with Gasteiger partial charge in [0, 0.05) is 0 Å². The van der Waals surface area contributed by atoms with Crippen molar-refractivity contribution in [3.63, 3.8) is 0 Å². The Morgan fingerprint density at radius 1 is 1.64 bits per heavy atom. The Morgan fingerprint density at radius 3 is 2.73 bits per heavy atom. The monoisotopic (exact) mass is 152 g/mol. The van der Waals surface area contributed by atoms with Crippen LogP contribution in [0.2, 0.25) is 0 Å². The average Bonchev–Trinajstić information content (AvgIpc) is 1.94. The summed E-state index contributed by atoms with van der Waals surface area (Å²) in [6.45, 7) is 1.60. The first kappa shape index (κ1) is 7.53. The Morgan fingerprint density at radius 2 is 2.27 bits per heavy atom. The SMILES string of the molecule is Cc1nc(C(N)=O)ccc1O. The Labute approximate surface area is 63.7 Å². The molecule has 1 amide bonds. The van der Waals surface area contributed by atoms with Crippen LogP contribution in [0.3, 0.4) is 0 Å². The predicted octanol–water partition coefficient (Wildman–Crippen LogP) is 0.195. The van der Waals surface area contributed by atoms with Gasteiger partial charge in [0.25, 0.3) is 5.91 Å². The van der Waals surface area contributed by atoms with Gasteiger partial charge in [-0.2, -0.15) is 0 Å². The number of carbonyl (C=O) groups is 1. The van der Waals surface area contributed by atoms with Crippen molar-refractivity contribution in [1.82, 2.24) is 4.98 Å². The number of hydrogen-bond acceptors (Lipinski definition) is 3. The summed E-state index contributed by atoms with van der Waals surface area (Å²) in [6, 6.07) is 2.77. The lowest BCUT2D eigenvalue weighted by Crippen LogP contribution is -2.13. The van der Waals surface area contributed by atoms with Crippen LogP contribution in [0, 0.1) is 6.92 Å². The fourth-order valence-electron chi connectivity index (χ4n) is 0.691. The molecule has 0 radical (unpaired) electrons. The number of aryl methyl sites for hydroxylation is 1. The van der Waals surface area contributed by atoms with E-state index in [1.165, 1.54) is 12.1 Å². The van der Waals surface area contributed by atoms with Gasteiger partial charge in [0.15, 0.2) is 0 Å². The van der Waals surface area contributed by atoms with Crippen molar-refractivity contribution in [2.75, 3.05) is 0 Å². The summed E-state index contributed by atoms with van der Waals surface area (Å²) in [7, 11) is 0. The number of nitrogens with zero attached hydrogens (tertiary/aromatic N) is 1. The quantitative estimate of drug-likeness (QED) is 0.603. The van der Waals surface area contributed by atoms with Gasteiger partial charge in [-0.15, -0.1) is 0 Å². The number of primary amides is 1. The minimum atomic E-state index is -0.590. The van der Waals surface area contributed by atoms with E-state index in [1.54, 1.807) is 6.92 Å². The molecule has 0 saturated carbocycles. The molecule has 0 spiro atoms. The van der Waals surface area contributed by atoms with Crippen LogP contribution in [0.5, 0.6) is 5.75 Å². The Bertz CT molecular complexity index is 296. The van der Waals surface area contributed by atoms with Gasteiger partial charge >= 0.3 is 0 Å². The van der Waals surface area contributed by atoms with Gasteiger partial charge in [-0.3, -0.25) is 4.79 Å². The minimum absolute atomic E-state index is 0.0648. The normalized spacial score (nSPS) is 9.55. The highest BCUT2D eigenvalue weighted by Crippen LogP contribution is 2.12. The highest BCUT2D eigenvalue weighted by atomic mass is 16.3. The van der Waals surface area contributed by atoms with Crippen molar-refractivity contribution in [1.29, 1.82) is 0 Å². The summed E-state index contributed by atoms with van der Waals surface area (Å²) in [5, 5.41) is 9.01. The number of amides is 1. The predicted molar refractivity (Wildman–Crippen MR) is 39.2 cm³/mol. The molecule has 1 rings (SSSR count). The Hall–Kier alpha value is -1.58. The number of pyridine rings is 1. The smallest absolute Gasteiger partial charge is 0.267 e. The lowest BCUT2D eigenvalue weighted by atomic mass is 10.3. The van der Waals surface area contributed by atoms with Crippen LogP contribution in [0.1, 0.15) is 16.2 Å². The molecule has 1 heterocycles. The van der Waals surface area contributed by atoms with Crippen molar-refractivity contribution in [3.8, 4) is 5.75 Å². The fourth-order valence-corrected chi connectivity index (χ4v) is 0.691. The first-order valence-corrected chi connectivity index (χ1v) is 3.07. The van der Waals surface area contributed by atoms with Crippen LogP contribution >= 0.6 is 0 Å². The van der Waals surface area contributed by atoms with E-state index < -0.39 is 5.91 Å². The van der Waals surface area contributed by atoms with Gasteiger partial charge in [0.1, 0.15) is 11.4 Å². The topological polar surface area (TPSA) is 76.2 Å². The number of aromatic hydroxyl groups is 1. The molecular weight excluding hydrogens is 144 g/mol. The Kier molecular flexibility index (Phi) is 1.76. The van der Waals surface area contributed by atoms with E-state index in [9.17, 15) is 4.79 Å².